The molecule has 0 spiro atoms. The molecule has 1 aromatic heterocycles. The van der Waals surface area contributed by atoms with Crippen molar-refractivity contribution in [2.75, 3.05) is 26.3 Å². The zero-order chi connectivity index (χ0) is 22.4. The van der Waals surface area contributed by atoms with E-state index in [4.69, 9.17) is 10.5 Å². The van der Waals surface area contributed by atoms with Crippen LogP contribution in [0, 0.1) is 0 Å². The van der Waals surface area contributed by atoms with Crippen molar-refractivity contribution < 1.29 is 13.2 Å². The zero-order valence-corrected chi connectivity index (χ0v) is 20.2. The lowest BCUT2D eigenvalue weighted by Crippen LogP contribution is -2.33. The van der Waals surface area contributed by atoms with E-state index >= 15 is 0 Å². The number of thiophene rings is 1. The van der Waals surface area contributed by atoms with Gasteiger partial charge in [-0.25, -0.2) is 8.42 Å². The molecule has 0 bridgehead atoms. The molecule has 1 heterocycles. The molecule has 0 aromatic carbocycles. The van der Waals surface area contributed by atoms with Crippen LogP contribution in [0.4, 0.5) is 0 Å². The molecular weight excluding hydrogens is 438 g/mol. The van der Waals surface area contributed by atoms with Crippen LogP contribution >= 0.6 is 24.0 Å². The van der Waals surface area contributed by atoms with Gasteiger partial charge in [-0.2, -0.15) is 4.31 Å². The maximum atomic E-state index is 12.9. The van der Waals surface area contributed by atoms with Crippen LogP contribution < -0.4 is 5.73 Å². The smallest absolute Gasteiger partial charge is 0.252 e. The molecule has 2 N–H and O–H groups in total. The summed E-state index contributed by atoms with van der Waals surface area (Å²) in [5.74, 6) is 0. The number of hydrogen-bond acceptors (Lipinski definition) is 7. The third kappa shape index (κ3) is 9.55. The standard InChI is InChI=1S/C21H31N3O3S3/c1-4-27-13-12-24(30(25,26)21-9-7-15-29-21)11-6-5-8-20(19(3)22)16-18(2)17-23-10-14-28/h5-10,14-17,19,28H,4,11-13,22H2,1-3H3/b6-5-,14-10-,18-16+,20-8-,23-17-. The monoisotopic (exact) mass is 469 g/mol. The summed E-state index contributed by atoms with van der Waals surface area (Å²) in [5, 5.41) is 3.31. The number of ether oxygens (including phenoxy) is 1. The van der Waals surface area contributed by atoms with E-state index in [-0.39, 0.29) is 19.1 Å². The quantitative estimate of drug-likeness (QED) is 0.198. The van der Waals surface area contributed by atoms with Crippen molar-refractivity contribution in [1.82, 2.24) is 4.31 Å². The average Bonchev–Trinajstić information content (AvgIpc) is 3.24. The van der Waals surface area contributed by atoms with E-state index in [1.54, 1.807) is 41.4 Å². The molecule has 9 heteroatoms. The molecule has 0 aliphatic rings. The van der Waals surface area contributed by atoms with E-state index in [0.717, 1.165) is 11.1 Å². The van der Waals surface area contributed by atoms with Crippen LogP contribution in [0.25, 0.3) is 0 Å². The third-order valence-corrected chi connectivity index (χ3v) is 7.23. The number of sulfonamides is 1. The summed E-state index contributed by atoms with van der Waals surface area (Å²) in [7, 11) is -3.55. The fourth-order valence-corrected chi connectivity index (χ4v) is 4.94. The summed E-state index contributed by atoms with van der Waals surface area (Å²) >= 11 is 5.16. The predicted molar refractivity (Wildman–Crippen MR) is 131 cm³/mol. The van der Waals surface area contributed by atoms with Gasteiger partial charge in [0.15, 0.2) is 0 Å². The summed E-state index contributed by atoms with van der Waals surface area (Å²) in [6, 6.07) is 3.17. The van der Waals surface area contributed by atoms with Crippen LogP contribution in [0.3, 0.4) is 0 Å². The molecule has 1 atom stereocenters. The minimum Gasteiger partial charge on any atom is -0.380 e. The zero-order valence-electron chi connectivity index (χ0n) is 17.6. The summed E-state index contributed by atoms with van der Waals surface area (Å²) in [4.78, 5) is 4.09. The minimum absolute atomic E-state index is 0.178. The van der Waals surface area contributed by atoms with Gasteiger partial charge in [-0.05, 0) is 48.8 Å². The van der Waals surface area contributed by atoms with Crippen LogP contribution in [-0.2, 0) is 14.8 Å². The fraction of sp³-hybridized carbons (Fsp3) is 0.381. The number of allylic oxidation sites excluding steroid dienone is 3. The van der Waals surface area contributed by atoms with Gasteiger partial charge in [0.1, 0.15) is 4.21 Å². The lowest BCUT2D eigenvalue weighted by Gasteiger charge is -2.19. The highest BCUT2D eigenvalue weighted by molar-refractivity contribution is 7.91. The van der Waals surface area contributed by atoms with Crippen LogP contribution in [0.2, 0.25) is 0 Å². The van der Waals surface area contributed by atoms with Gasteiger partial charge in [0.2, 0.25) is 0 Å². The Morgan fingerprint density at radius 3 is 2.83 bits per heavy atom. The SMILES string of the molecule is CCOCCN(C\C=C/C=C(/C=C(C)/C=N\C=C/S)C(C)N)S(=O)(=O)c1cccs1. The number of nitrogens with two attached hydrogens (primary N) is 1. The van der Waals surface area contributed by atoms with Gasteiger partial charge in [0.25, 0.3) is 10.0 Å². The average molecular weight is 470 g/mol. The van der Waals surface area contributed by atoms with Crippen LogP contribution in [0.15, 0.2) is 73.8 Å². The Bertz CT molecular complexity index is 869. The fourth-order valence-electron chi connectivity index (χ4n) is 2.35. The second-order valence-corrected chi connectivity index (χ2v) is 9.75. The summed E-state index contributed by atoms with van der Waals surface area (Å²) in [6.07, 6.45) is 10.8. The molecule has 0 aliphatic heterocycles. The van der Waals surface area contributed by atoms with E-state index in [1.165, 1.54) is 15.6 Å². The summed E-state index contributed by atoms with van der Waals surface area (Å²) in [5.41, 5.74) is 7.91. The molecule has 1 rings (SSSR count). The van der Waals surface area contributed by atoms with E-state index in [0.29, 0.717) is 17.4 Å². The first kappa shape index (κ1) is 26.5. The van der Waals surface area contributed by atoms with E-state index in [1.807, 2.05) is 39.0 Å². The van der Waals surface area contributed by atoms with Crippen molar-refractivity contribution in [2.24, 2.45) is 10.7 Å². The number of aliphatic imine (C=N–C) groups is 1. The van der Waals surface area contributed by atoms with Gasteiger partial charge in [-0.1, -0.05) is 30.4 Å². The number of nitrogens with zero attached hydrogens (tertiary/aromatic N) is 2. The van der Waals surface area contributed by atoms with E-state index in [9.17, 15) is 8.42 Å². The second kappa shape index (κ2) is 14.5. The van der Waals surface area contributed by atoms with Crippen molar-refractivity contribution >= 4 is 40.2 Å². The number of rotatable bonds is 13. The summed E-state index contributed by atoms with van der Waals surface area (Å²) < 4.78 is 32.8. The van der Waals surface area contributed by atoms with Crippen molar-refractivity contribution in [3.8, 4) is 0 Å². The van der Waals surface area contributed by atoms with Gasteiger partial charge in [0.05, 0.1) is 6.61 Å². The van der Waals surface area contributed by atoms with Gasteiger partial charge in [-0.3, -0.25) is 4.99 Å². The lowest BCUT2D eigenvalue weighted by molar-refractivity contribution is 0.136. The van der Waals surface area contributed by atoms with E-state index in [2.05, 4.69) is 17.6 Å². The Morgan fingerprint density at radius 2 is 2.23 bits per heavy atom. The Labute approximate surface area is 190 Å². The molecule has 0 aliphatic carbocycles. The molecule has 0 saturated carbocycles. The van der Waals surface area contributed by atoms with E-state index < -0.39 is 10.0 Å². The highest BCUT2D eigenvalue weighted by Crippen LogP contribution is 2.20. The van der Waals surface area contributed by atoms with Gasteiger partial charge in [-0.15, -0.1) is 24.0 Å². The summed E-state index contributed by atoms with van der Waals surface area (Å²) in [6.45, 7) is 7.12. The third-order valence-electron chi connectivity index (χ3n) is 3.86. The largest absolute Gasteiger partial charge is 0.380 e. The maximum Gasteiger partial charge on any atom is 0.252 e. The Hall–Kier alpha value is -1.49. The predicted octanol–water partition coefficient (Wildman–Crippen LogP) is 4.02. The Kier molecular flexibility index (Phi) is 12.8. The first-order valence-electron chi connectivity index (χ1n) is 9.57. The molecular formula is C21H31N3O3S3. The van der Waals surface area contributed by atoms with Gasteiger partial charge >= 0.3 is 0 Å². The highest BCUT2D eigenvalue weighted by Gasteiger charge is 2.24. The van der Waals surface area contributed by atoms with Crippen LogP contribution in [0.5, 0.6) is 0 Å². The number of hydrogen-bond donors (Lipinski definition) is 2. The second-order valence-electron chi connectivity index (χ2n) is 6.34. The number of thiol groups is 1. The minimum atomic E-state index is -3.55. The normalized spacial score (nSPS) is 15.3. The Morgan fingerprint density at radius 1 is 1.47 bits per heavy atom. The molecule has 0 amide bonds. The van der Waals surface area contributed by atoms with Crippen molar-refractivity contribution in [3.63, 3.8) is 0 Å². The van der Waals surface area contributed by atoms with Crippen LogP contribution in [-0.4, -0.2) is 51.3 Å². The maximum absolute atomic E-state index is 12.9. The van der Waals surface area contributed by atoms with Crippen LogP contribution in [0.1, 0.15) is 20.8 Å². The molecule has 166 valence electrons. The van der Waals surface area contributed by atoms with Crippen molar-refractivity contribution in [3.05, 3.63) is 64.6 Å². The molecule has 0 fully saturated rings. The first-order valence-corrected chi connectivity index (χ1v) is 12.4. The van der Waals surface area contributed by atoms with Crippen molar-refractivity contribution in [1.29, 1.82) is 0 Å². The highest BCUT2D eigenvalue weighted by atomic mass is 32.2. The molecule has 0 radical (unpaired) electrons. The molecule has 1 aromatic rings. The topological polar surface area (TPSA) is 85.0 Å². The first-order chi connectivity index (χ1) is 14.3. The van der Waals surface area contributed by atoms with Crippen molar-refractivity contribution in [2.45, 2.75) is 31.0 Å². The van der Waals surface area contributed by atoms with Gasteiger partial charge in [0, 0.05) is 38.2 Å². The molecule has 1 unspecified atom stereocenters. The molecule has 6 nitrogen and oxygen atoms in total. The Balaban J connectivity index is 2.95. The molecule has 30 heavy (non-hydrogen) atoms. The molecule has 0 saturated heterocycles. The lowest BCUT2D eigenvalue weighted by atomic mass is 10.1. The van der Waals surface area contributed by atoms with Gasteiger partial charge < -0.3 is 10.5 Å².